The maximum Gasteiger partial charge on any atom is 0.156 e. The van der Waals surface area contributed by atoms with E-state index in [0.717, 1.165) is 0 Å². The molecule has 2 aromatic rings. The second-order valence-corrected chi connectivity index (χ2v) is 4.68. The van der Waals surface area contributed by atoms with Gasteiger partial charge in [-0.15, -0.1) is 0 Å². The lowest BCUT2D eigenvalue weighted by molar-refractivity contribution is 0.112. The van der Waals surface area contributed by atoms with Crippen LogP contribution in [0.25, 0.3) is 0 Å². The normalized spacial score (nSPS) is 10.2. The third-order valence-electron chi connectivity index (χ3n) is 2.24. The first-order valence-electron chi connectivity index (χ1n) is 4.98. The van der Waals surface area contributed by atoms with Crippen LogP contribution in [0.2, 0.25) is 15.1 Å². The van der Waals surface area contributed by atoms with Crippen molar-refractivity contribution in [2.24, 2.45) is 0 Å². The van der Waals surface area contributed by atoms with E-state index in [-0.39, 0.29) is 0 Å². The van der Waals surface area contributed by atoms with Crippen LogP contribution < -0.4 is 4.74 Å². The highest BCUT2D eigenvalue weighted by Gasteiger charge is 2.10. The summed E-state index contributed by atoms with van der Waals surface area (Å²) >= 11 is 17.7. The van der Waals surface area contributed by atoms with E-state index in [1.165, 1.54) is 0 Å². The van der Waals surface area contributed by atoms with E-state index in [4.69, 9.17) is 39.5 Å². The molecule has 5 heteroatoms. The molecular formula is C13H7Cl3O2. The summed E-state index contributed by atoms with van der Waals surface area (Å²) in [5, 5.41) is 1.15. The van der Waals surface area contributed by atoms with Crippen LogP contribution in [0.4, 0.5) is 0 Å². The van der Waals surface area contributed by atoms with E-state index in [1.54, 1.807) is 36.4 Å². The number of aldehydes is 1. The van der Waals surface area contributed by atoms with Gasteiger partial charge in [-0.3, -0.25) is 4.79 Å². The van der Waals surface area contributed by atoms with Crippen LogP contribution >= 0.6 is 34.8 Å². The number of carbonyl (C=O) groups excluding carboxylic acids is 1. The number of benzene rings is 2. The molecule has 0 amide bonds. The molecule has 0 spiro atoms. The molecule has 0 atom stereocenters. The molecular weight excluding hydrogens is 294 g/mol. The fourth-order valence-electron chi connectivity index (χ4n) is 1.38. The second-order valence-electron chi connectivity index (χ2n) is 3.45. The summed E-state index contributed by atoms with van der Waals surface area (Å²) in [7, 11) is 0. The molecule has 2 rings (SSSR count). The smallest absolute Gasteiger partial charge is 0.156 e. The lowest BCUT2D eigenvalue weighted by atomic mass is 10.2. The van der Waals surface area contributed by atoms with Crippen molar-refractivity contribution >= 4 is 41.1 Å². The van der Waals surface area contributed by atoms with Gasteiger partial charge in [0.25, 0.3) is 0 Å². The molecule has 0 saturated carbocycles. The van der Waals surface area contributed by atoms with Crippen molar-refractivity contribution in [3.63, 3.8) is 0 Å². The van der Waals surface area contributed by atoms with Crippen molar-refractivity contribution in [2.75, 3.05) is 0 Å². The van der Waals surface area contributed by atoms with E-state index in [0.29, 0.717) is 38.4 Å². The molecule has 0 radical (unpaired) electrons. The SMILES string of the molecule is O=Cc1cccc(Cl)c1Oc1ccc(Cl)c(Cl)c1. The molecule has 0 aromatic heterocycles. The topological polar surface area (TPSA) is 26.3 Å². The minimum Gasteiger partial charge on any atom is -0.455 e. The van der Waals surface area contributed by atoms with E-state index in [2.05, 4.69) is 0 Å². The van der Waals surface area contributed by atoms with E-state index in [9.17, 15) is 4.79 Å². The minimum absolute atomic E-state index is 0.299. The van der Waals surface area contributed by atoms with Crippen molar-refractivity contribution in [1.82, 2.24) is 0 Å². The maximum atomic E-state index is 10.9. The zero-order valence-corrected chi connectivity index (χ0v) is 11.3. The zero-order valence-electron chi connectivity index (χ0n) is 8.99. The number of hydrogen-bond acceptors (Lipinski definition) is 2. The molecule has 0 N–H and O–H groups in total. The third-order valence-corrected chi connectivity index (χ3v) is 3.27. The summed E-state index contributed by atoms with van der Waals surface area (Å²) in [4.78, 5) is 10.9. The van der Waals surface area contributed by atoms with Gasteiger partial charge in [0.15, 0.2) is 12.0 Å². The summed E-state index contributed by atoms with van der Waals surface area (Å²) in [5.74, 6) is 0.758. The Morgan fingerprint density at radius 1 is 0.944 bits per heavy atom. The van der Waals surface area contributed by atoms with Gasteiger partial charge in [-0.1, -0.05) is 40.9 Å². The van der Waals surface area contributed by atoms with Gasteiger partial charge in [-0.05, 0) is 24.3 Å². The Balaban J connectivity index is 2.39. The van der Waals surface area contributed by atoms with E-state index >= 15 is 0 Å². The molecule has 0 aliphatic rings. The van der Waals surface area contributed by atoms with Crippen molar-refractivity contribution in [1.29, 1.82) is 0 Å². The third kappa shape index (κ3) is 2.78. The predicted octanol–water partition coefficient (Wildman–Crippen LogP) is 5.25. The summed E-state index contributed by atoms with van der Waals surface area (Å²) in [6.07, 6.45) is 0.679. The van der Waals surface area contributed by atoms with Gasteiger partial charge < -0.3 is 4.74 Å². The lowest BCUT2D eigenvalue weighted by Gasteiger charge is -2.10. The highest BCUT2D eigenvalue weighted by Crippen LogP contribution is 2.34. The first kappa shape index (κ1) is 13.2. The Morgan fingerprint density at radius 3 is 2.39 bits per heavy atom. The van der Waals surface area contributed by atoms with Crippen LogP contribution in [0.3, 0.4) is 0 Å². The van der Waals surface area contributed by atoms with Gasteiger partial charge in [0.1, 0.15) is 5.75 Å². The van der Waals surface area contributed by atoms with Crippen LogP contribution in [-0.4, -0.2) is 6.29 Å². The molecule has 0 heterocycles. The molecule has 0 bridgehead atoms. The molecule has 0 fully saturated rings. The molecule has 2 nitrogen and oxygen atoms in total. The fraction of sp³-hybridized carbons (Fsp3) is 0. The number of rotatable bonds is 3. The molecule has 0 saturated heterocycles. The quantitative estimate of drug-likeness (QED) is 0.724. The van der Waals surface area contributed by atoms with Gasteiger partial charge in [-0.2, -0.15) is 0 Å². The Bertz CT molecular complexity index is 597. The van der Waals surface area contributed by atoms with E-state index in [1.807, 2.05) is 0 Å². The van der Waals surface area contributed by atoms with Crippen LogP contribution in [0.1, 0.15) is 10.4 Å². The van der Waals surface area contributed by atoms with Crippen molar-refractivity contribution < 1.29 is 9.53 Å². The Kier molecular flexibility index (Phi) is 4.12. The Labute approximate surface area is 119 Å². The maximum absolute atomic E-state index is 10.9. The van der Waals surface area contributed by atoms with Gasteiger partial charge >= 0.3 is 0 Å². The largest absolute Gasteiger partial charge is 0.455 e. The zero-order chi connectivity index (χ0) is 13.1. The van der Waals surface area contributed by atoms with Crippen LogP contribution in [0, 0.1) is 0 Å². The fourth-order valence-corrected chi connectivity index (χ4v) is 1.89. The number of carbonyl (C=O) groups is 1. The average Bonchev–Trinajstić information content (AvgIpc) is 2.36. The van der Waals surface area contributed by atoms with Crippen LogP contribution in [0.5, 0.6) is 11.5 Å². The first-order chi connectivity index (χ1) is 8.61. The average molecular weight is 302 g/mol. The van der Waals surface area contributed by atoms with Crippen molar-refractivity contribution in [3.05, 3.63) is 57.0 Å². The molecule has 92 valence electrons. The van der Waals surface area contributed by atoms with Gasteiger partial charge in [0.05, 0.1) is 20.6 Å². The Morgan fingerprint density at radius 2 is 1.72 bits per heavy atom. The molecule has 0 aliphatic heterocycles. The van der Waals surface area contributed by atoms with Crippen molar-refractivity contribution in [2.45, 2.75) is 0 Å². The second kappa shape index (κ2) is 5.61. The lowest BCUT2D eigenvalue weighted by Crippen LogP contribution is -1.91. The summed E-state index contributed by atoms with van der Waals surface area (Å²) in [5.41, 5.74) is 0.369. The predicted molar refractivity (Wildman–Crippen MR) is 73.4 cm³/mol. The number of para-hydroxylation sites is 1. The standard InChI is InChI=1S/C13H7Cl3O2/c14-10-5-4-9(6-12(10)16)18-13-8(7-17)2-1-3-11(13)15/h1-7H. The highest BCUT2D eigenvalue weighted by atomic mass is 35.5. The van der Waals surface area contributed by atoms with Crippen molar-refractivity contribution in [3.8, 4) is 11.5 Å². The number of ether oxygens (including phenoxy) is 1. The van der Waals surface area contributed by atoms with Crippen LogP contribution in [0.15, 0.2) is 36.4 Å². The minimum atomic E-state index is 0.299. The molecule has 2 aromatic carbocycles. The monoisotopic (exact) mass is 300 g/mol. The molecule has 0 aliphatic carbocycles. The van der Waals surface area contributed by atoms with Gasteiger partial charge in [-0.25, -0.2) is 0 Å². The van der Waals surface area contributed by atoms with Gasteiger partial charge in [0.2, 0.25) is 0 Å². The number of hydrogen-bond donors (Lipinski definition) is 0. The van der Waals surface area contributed by atoms with E-state index < -0.39 is 0 Å². The summed E-state index contributed by atoms with van der Waals surface area (Å²) < 4.78 is 5.56. The number of halogens is 3. The first-order valence-corrected chi connectivity index (χ1v) is 6.12. The van der Waals surface area contributed by atoms with Gasteiger partial charge in [0, 0.05) is 6.07 Å². The summed E-state index contributed by atoms with van der Waals surface area (Å²) in [6, 6.07) is 9.74. The Hall–Kier alpha value is -1.22. The molecule has 18 heavy (non-hydrogen) atoms. The molecule has 0 unspecified atom stereocenters. The highest BCUT2D eigenvalue weighted by molar-refractivity contribution is 6.42. The van der Waals surface area contributed by atoms with Crippen LogP contribution in [-0.2, 0) is 0 Å². The summed E-state index contributed by atoms with van der Waals surface area (Å²) in [6.45, 7) is 0.